The van der Waals surface area contributed by atoms with E-state index in [0.717, 1.165) is 6.07 Å². The molecule has 1 aromatic carbocycles. The fourth-order valence-electron chi connectivity index (χ4n) is 0.942. The number of halogens is 1. The minimum absolute atomic E-state index is 0.156. The third-order valence-electron chi connectivity index (χ3n) is 1.61. The van der Waals surface area contributed by atoms with E-state index in [2.05, 4.69) is 0 Å². The van der Waals surface area contributed by atoms with Gasteiger partial charge in [0.2, 0.25) is 0 Å². The van der Waals surface area contributed by atoms with Crippen LogP contribution in [0.4, 0.5) is 4.39 Å². The number of carbonyl (C=O) groups excluding carboxylic acids is 1. The van der Waals surface area contributed by atoms with Crippen LogP contribution in [-0.4, -0.2) is 17.7 Å². The van der Waals surface area contributed by atoms with Crippen molar-refractivity contribution in [2.24, 2.45) is 0 Å². The Balaban J connectivity index is 2.80. The third-order valence-corrected chi connectivity index (χ3v) is 1.61. The number of phenolic OH excluding ortho intramolecular Hbond substituents is 1. The van der Waals surface area contributed by atoms with Gasteiger partial charge in [0, 0.05) is 6.07 Å². The fourth-order valence-corrected chi connectivity index (χ4v) is 0.942. The summed E-state index contributed by atoms with van der Waals surface area (Å²) in [5.74, 6) is -1.69. The first kappa shape index (κ1) is 10.5. The van der Waals surface area contributed by atoms with Crippen LogP contribution in [0.1, 0.15) is 23.7 Å². The first-order valence-corrected chi connectivity index (χ1v) is 4.30. The van der Waals surface area contributed by atoms with Crippen molar-refractivity contribution in [1.82, 2.24) is 0 Å². The van der Waals surface area contributed by atoms with Crippen LogP contribution in [-0.2, 0) is 4.74 Å². The van der Waals surface area contributed by atoms with E-state index in [-0.39, 0.29) is 17.9 Å². The van der Waals surface area contributed by atoms with Gasteiger partial charge in [-0.1, -0.05) is 6.92 Å². The number of carbonyl (C=O) groups is 1. The molecule has 0 aliphatic rings. The van der Waals surface area contributed by atoms with Gasteiger partial charge >= 0.3 is 5.97 Å². The van der Waals surface area contributed by atoms with Gasteiger partial charge in [0.1, 0.15) is 11.6 Å². The molecule has 0 aliphatic carbocycles. The molecule has 0 unspecified atom stereocenters. The van der Waals surface area contributed by atoms with Gasteiger partial charge < -0.3 is 9.84 Å². The normalized spacial score (nSPS) is 9.86. The maximum atomic E-state index is 13.1. The van der Waals surface area contributed by atoms with Gasteiger partial charge in [-0.3, -0.25) is 0 Å². The number of ether oxygens (including phenoxy) is 1. The van der Waals surface area contributed by atoms with Gasteiger partial charge in [-0.15, -0.1) is 0 Å². The summed E-state index contributed by atoms with van der Waals surface area (Å²) in [7, 11) is 0. The quantitative estimate of drug-likeness (QED) is 0.756. The summed E-state index contributed by atoms with van der Waals surface area (Å²) in [5, 5.41) is 8.90. The lowest BCUT2D eigenvalue weighted by Crippen LogP contribution is -2.07. The monoisotopic (exact) mass is 198 g/mol. The Bertz CT molecular complexity index is 336. The van der Waals surface area contributed by atoms with Crippen molar-refractivity contribution in [3.05, 3.63) is 29.6 Å². The Hall–Kier alpha value is -1.58. The molecule has 0 fully saturated rings. The van der Waals surface area contributed by atoms with Crippen LogP contribution in [0, 0.1) is 5.82 Å². The van der Waals surface area contributed by atoms with Gasteiger partial charge in [0.25, 0.3) is 0 Å². The van der Waals surface area contributed by atoms with Crippen LogP contribution in [0.25, 0.3) is 0 Å². The van der Waals surface area contributed by atoms with Gasteiger partial charge in [-0.2, -0.15) is 0 Å². The van der Waals surface area contributed by atoms with Gasteiger partial charge in [-0.05, 0) is 18.6 Å². The molecule has 0 radical (unpaired) electrons. The molecular weight excluding hydrogens is 187 g/mol. The summed E-state index contributed by atoms with van der Waals surface area (Å²) >= 11 is 0. The van der Waals surface area contributed by atoms with Crippen LogP contribution in [0.15, 0.2) is 18.2 Å². The van der Waals surface area contributed by atoms with Crippen molar-refractivity contribution in [1.29, 1.82) is 0 Å². The van der Waals surface area contributed by atoms with Crippen LogP contribution >= 0.6 is 0 Å². The summed E-state index contributed by atoms with van der Waals surface area (Å²) in [5.41, 5.74) is -0.156. The lowest BCUT2D eigenvalue weighted by molar-refractivity contribution is 0.0500. The standard InChI is InChI=1S/C10H11FO3/c1-2-5-14-10(13)8-4-3-7(12)6-9(8)11/h3-4,6,12H,2,5H2,1H3. The lowest BCUT2D eigenvalue weighted by atomic mass is 10.2. The van der Waals surface area contributed by atoms with Crippen molar-refractivity contribution < 1.29 is 19.0 Å². The minimum Gasteiger partial charge on any atom is -0.508 e. The Morgan fingerprint density at radius 2 is 2.29 bits per heavy atom. The predicted molar refractivity (Wildman–Crippen MR) is 48.6 cm³/mol. The Kier molecular flexibility index (Phi) is 3.45. The smallest absolute Gasteiger partial charge is 0.341 e. The van der Waals surface area contributed by atoms with Crippen molar-refractivity contribution in [3.8, 4) is 5.75 Å². The zero-order valence-electron chi connectivity index (χ0n) is 7.79. The summed E-state index contributed by atoms with van der Waals surface area (Å²) in [6, 6.07) is 3.32. The largest absolute Gasteiger partial charge is 0.508 e. The molecule has 1 aromatic rings. The second kappa shape index (κ2) is 4.60. The van der Waals surface area contributed by atoms with Gasteiger partial charge in [-0.25, -0.2) is 9.18 Å². The number of benzene rings is 1. The first-order valence-electron chi connectivity index (χ1n) is 4.30. The molecule has 14 heavy (non-hydrogen) atoms. The number of phenols is 1. The Labute approximate surface area is 81.1 Å². The van der Waals surface area contributed by atoms with E-state index in [1.807, 2.05) is 6.92 Å². The molecule has 0 aliphatic heterocycles. The highest BCUT2D eigenvalue weighted by Gasteiger charge is 2.12. The van der Waals surface area contributed by atoms with E-state index in [9.17, 15) is 9.18 Å². The predicted octanol–water partition coefficient (Wildman–Crippen LogP) is 2.10. The molecular formula is C10H11FO3. The first-order chi connectivity index (χ1) is 6.65. The second-order valence-corrected chi connectivity index (χ2v) is 2.80. The lowest BCUT2D eigenvalue weighted by Gasteiger charge is -2.03. The topological polar surface area (TPSA) is 46.5 Å². The zero-order chi connectivity index (χ0) is 10.6. The Morgan fingerprint density at radius 1 is 1.57 bits per heavy atom. The van der Waals surface area contributed by atoms with Crippen molar-refractivity contribution >= 4 is 5.97 Å². The molecule has 0 atom stereocenters. The molecule has 3 nitrogen and oxygen atoms in total. The van der Waals surface area contributed by atoms with Crippen molar-refractivity contribution in [3.63, 3.8) is 0 Å². The molecule has 0 aromatic heterocycles. The molecule has 0 amide bonds. The van der Waals surface area contributed by atoms with Crippen molar-refractivity contribution in [2.45, 2.75) is 13.3 Å². The number of aromatic hydroxyl groups is 1. The van der Waals surface area contributed by atoms with Crippen LogP contribution in [0.3, 0.4) is 0 Å². The second-order valence-electron chi connectivity index (χ2n) is 2.80. The van der Waals surface area contributed by atoms with Crippen molar-refractivity contribution in [2.75, 3.05) is 6.61 Å². The molecule has 76 valence electrons. The molecule has 0 saturated heterocycles. The van der Waals surface area contributed by atoms with Crippen LogP contribution in [0.5, 0.6) is 5.75 Å². The van der Waals surface area contributed by atoms with E-state index < -0.39 is 11.8 Å². The third kappa shape index (κ3) is 2.45. The number of esters is 1. The van der Waals surface area contributed by atoms with E-state index >= 15 is 0 Å². The summed E-state index contributed by atoms with van der Waals surface area (Å²) < 4.78 is 17.8. The van der Waals surface area contributed by atoms with Crippen LogP contribution < -0.4 is 0 Å². The molecule has 1 rings (SSSR count). The maximum Gasteiger partial charge on any atom is 0.341 e. The van der Waals surface area contributed by atoms with E-state index in [1.165, 1.54) is 12.1 Å². The van der Waals surface area contributed by atoms with Gasteiger partial charge in [0.15, 0.2) is 0 Å². The highest BCUT2D eigenvalue weighted by Crippen LogP contribution is 2.15. The highest BCUT2D eigenvalue weighted by atomic mass is 19.1. The van der Waals surface area contributed by atoms with E-state index in [1.54, 1.807) is 0 Å². The summed E-state index contributed by atoms with van der Waals surface area (Å²) in [4.78, 5) is 11.2. The average molecular weight is 198 g/mol. The summed E-state index contributed by atoms with van der Waals surface area (Å²) in [6.07, 6.45) is 0.686. The SMILES string of the molecule is CCCOC(=O)c1ccc(O)cc1F. The number of hydrogen-bond acceptors (Lipinski definition) is 3. The molecule has 0 bridgehead atoms. The highest BCUT2D eigenvalue weighted by molar-refractivity contribution is 5.89. The van der Waals surface area contributed by atoms with Crippen LogP contribution in [0.2, 0.25) is 0 Å². The zero-order valence-corrected chi connectivity index (χ0v) is 7.79. The molecule has 0 spiro atoms. The summed E-state index contributed by atoms with van der Waals surface area (Å²) in [6.45, 7) is 2.11. The van der Waals surface area contributed by atoms with E-state index in [4.69, 9.17) is 9.84 Å². The average Bonchev–Trinajstić information content (AvgIpc) is 2.14. The number of hydrogen-bond donors (Lipinski definition) is 1. The molecule has 1 N–H and O–H groups in total. The fraction of sp³-hybridized carbons (Fsp3) is 0.300. The Morgan fingerprint density at radius 3 is 2.86 bits per heavy atom. The molecule has 4 heteroatoms. The maximum absolute atomic E-state index is 13.1. The minimum atomic E-state index is -0.772. The molecule has 0 saturated carbocycles. The molecule has 0 heterocycles. The number of rotatable bonds is 3. The van der Waals surface area contributed by atoms with E-state index in [0.29, 0.717) is 6.42 Å². The van der Waals surface area contributed by atoms with Gasteiger partial charge in [0.05, 0.1) is 12.2 Å².